The third kappa shape index (κ3) is 11.7. The van der Waals surface area contributed by atoms with Crippen molar-refractivity contribution < 1.29 is 19.1 Å². The minimum Gasteiger partial charge on any atom is -0.444 e. The van der Waals surface area contributed by atoms with Gasteiger partial charge >= 0.3 is 6.09 Å². The lowest BCUT2D eigenvalue weighted by Crippen LogP contribution is -2.51. The number of carbonyl (C=O) groups excluding carboxylic acids is 3. The lowest BCUT2D eigenvalue weighted by Gasteiger charge is -2.34. The van der Waals surface area contributed by atoms with Gasteiger partial charge in [-0.3, -0.25) is 9.59 Å². The third-order valence-electron chi connectivity index (χ3n) is 4.78. The number of benzene rings is 1. The van der Waals surface area contributed by atoms with Crippen molar-refractivity contribution in [3.05, 3.63) is 35.9 Å². The first-order valence-corrected chi connectivity index (χ1v) is 12.0. The summed E-state index contributed by atoms with van der Waals surface area (Å²) < 4.78 is 5.25. The van der Waals surface area contributed by atoms with Crippen LogP contribution in [0.3, 0.4) is 0 Å². The van der Waals surface area contributed by atoms with Crippen LogP contribution in [-0.4, -0.2) is 47.0 Å². The molecule has 0 aromatic heterocycles. The highest BCUT2D eigenvalue weighted by Crippen LogP contribution is 2.23. The number of rotatable bonds is 11. The fraction of sp³-hybridized carbons (Fsp3) is 0.654. The molecule has 7 heteroatoms. The van der Waals surface area contributed by atoms with Gasteiger partial charge in [-0.2, -0.15) is 0 Å². The molecule has 0 aliphatic rings. The van der Waals surface area contributed by atoms with Gasteiger partial charge in [0.15, 0.2) is 0 Å². The molecule has 1 rings (SSSR count). The molecular weight excluding hydrogens is 418 g/mol. The van der Waals surface area contributed by atoms with Crippen LogP contribution in [-0.2, 0) is 14.3 Å². The van der Waals surface area contributed by atoms with Crippen LogP contribution in [0.5, 0.6) is 0 Å². The summed E-state index contributed by atoms with van der Waals surface area (Å²) in [6.45, 7) is 13.4. The minimum absolute atomic E-state index is 0.240. The van der Waals surface area contributed by atoms with Gasteiger partial charge in [-0.15, -0.1) is 0 Å². The summed E-state index contributed by atoms with van der Waals surface area (Å²) in [7, 11) is 0. The zero-order chi connectivity index (χ0) is 25.1. The topological polar surface area (TPSA) is 87.7 Å². The van der Waals surface area contributed by atoms with Gasteiger partial charge in [-0.1, -0.05) is 62.9 Å². The van der Waals surface area contributed by atoms with E-state index in [1.165, 1.54) is 0 Å². The molecule has 7 nitrogen and oxygen atoms in total. The fourth-order valence-corrected chi connectivity index (χ4v) is 3.39. The van der Waals surface area contributed by atoms with Crippen LogP contribution in [0.4, 0.5) is 4.79 Å². The monoisotopic (exact) mass is 461 g/mol. The van der Waals surface area contributed by atoms with Crippen molar-refractivity contribution in [2.45, 2.75) is 97.8 Å². The Morgan fingerprint density at radius 1 is 0.939 bits per heavy atom. The number of carbonyl (C=O) groups is 3. The standard InChI is InChI=1S/C26H43N3O4/c1-8-9-10-11-15-18-29(21(30)19-27-24(32)33-26(5,6)7)22(20-16-13-12-14-17-20)23(31)28-25(2,3)4/h12-14,16-17,22H,8-11,15,18-19H2,1-7H3,(H,27,32)(H,28,31). The average Bonchev–Trinajstić information content (AvgIpc) is 2.69. The predicted molar refractivity (Wildman–Crippen MR) is 132 cm³/mol. The first kappa shape index (κ1) is 28.5. The number of nitrogens with one attached hydrogen (secondary N) is 2. The molecule has 186 valence electrons. The maximum Gasteiger partial charge on any atom is 0.408 e. The van der Waals surface area contributed by atoms with Gasteiger partial charge in [0.2, 0.25) is 11.8 Å². The Labute approximate surface area is 199 Å². The maximum absolute atomic E-state index is 13.3. The highest BCUT2D eigenvalue weighted by Gasteiger charge is 2.33. The van der Waals surface area contributed by atoms with Crippen LogP contribution in [0, 0.1) is 0 Å². The van der Waals surface area contributed by atoms with E-state index in [-0.39, 0.29) is 18.4 Å². The number of ether oxygens (including phenoxy) is 1. The highest BCUT2D eigenvalue weighted by molar-refractivity contribution is 5.90. The van der Waals surface area contributed by atoms with Crippen molar-refractivity contribution in [1.82, 2.24) is 15.5 Å². The molecule has 1 aromatic carbocycles. The molecule has 0 aliphatic carbocycles. The number of unbranched alkanes of at least 4 members (excludes halogenated alkanes) is 4. The Hall–Kier alpha value is -2.57. The van der Waals surface area contributed by atoms with E-state index in [4.69, 9.17) is 4.74 Å². The SMILES string of the molecule is CCCCCCCN(C(=O)CNC(=O)OC(C)(C)C)C(C(=O)NC(C)(C)C)c1ccccc1. The van der Waals surface area contributed by atoms with E-state index in [1.54, 1.807) is 25.7 Å². The van der Waals surface area contributed by atoms with E-state index in [9.17, 15) is 14.4 Å². The Kier molecular flexibility index (Phi) is 11.4. The summed E-state index contributed by atoms with van der Waals surface area (Å²) in [5.74, 6) is -0.567. The predicted octanol–water partition coefficient (Wildman–Crippen LogP) is 4.97. The highest BCUT2D eigenvalue weighted by atomic mass is 16.6. The Morgan fingerprint density at radius 2 is 1.55 bits per heavy atom. The summed E-state index contributed by atoms with van der Waals surface area (Å²) >= 11 is 0. The Bertz CT molecular complexity index is 751. The third-order valence-corrected chi connectivity index (χ3v) is 4.78. The van der Waals surface area contributed by atoms with Crippen LogP contribution in [0.1, 0.15) is 92.2 Å². The smallest absolute Gasteiger partial charge is 0.408 e. The molecule has 0 saturated carbocycles. The van der Waals surface area contributed by atoms with E-state index in [0.29, 0.717) is 6.54 Å². The minimum atomic E-state index is -0.787. The van der Waals surface area contributed by atoms with Crippen LogP contribution < -0.4 is 10.6 Å². The van der Waals surface area contributed by atoms with E-state index in [2.05, 4.69) is 17.6 Å². The lowest BCUT2D eigenvalue weighted by atomic mass is 10.0. The molecule has 0 fully saturated rings. The zero-order valence-electron chi connectivity index (χ0n) is 21.5. The second-order valence-electron chi connectivity index (χ2n) is 10.4. The molecule has 3 amide bonds. The molecule has 2 N–H and O–H groups in total. The van der Waals surface area contributed by atoms with Crippen molar-refractivity contribution >= 4 is 17.9 Å². The number of nitrogens with zero attached hydrogens (tertiary/aromatic N) is 1. The normalized spacial score (nSPS) is 12.6. The summed E-state index contributed by atoms with van der Waals surface area (Å²) in [4.78, 5) is 40.3. The first-order valence-electron chi connectivity index (χ1n) is 12.0. The summed E-state index contributed by atoms with van der Waals surface area (Å²) in [6, 6.07) is 8.51. The van der Waals surface area contributed by atoms with E-state index >= 15 is 0 Å². The maximum atomic E-state index is 13.3. The second-order valence-corrected chi connectivity index (χ2v) is 10.4. The number of alkyl carbamates (subject to hydrolysis) is 1. The molecule has 1 atom stereocenters. The van der Waals surface area contributed by atoms with Crippen LogP contribution >= 0.6 is 0 Å². The summed E-state index contributed by atoms with van der Waals surface area (Å²) in [5.41, 5.74) is -0.376. The van der Waals surface area contributed by atoms with Gasteiger partial charge in [0.05, 0.1) is 0 Å². The molecule has 0 aliphatic heterocycles. The molecule has 1 aromatic rings. The summed E-state index contributed by atoms with van der Waals surface area (Å²) in [6.07, 6.45) is 4.45. The number of hydrogen-bond acceptors (Lipinski definition) is 4. The van der Waals surface area contributed by atoms with Crippen molar-refractivity contribution in [2.24, 2.45) is 0 Å². The first-order chi connectivity index (χ1) is 15.3. The molecule has 0 radical (unpaired) electrons. The van der Waals surface area contributed by atoms with Gasteiger partial charge in [0, 0.05) is 12.1 Å². The van der Waals surface area contributed by atoms with Gasteiger partial charge in [0.1, 0.15) is 18.2 Å². The molecule has 0 heterocycles. The zero-order valence-corrected chi connectivity index (χ0v) is 21.5. The molecule has 0 spiro atoms. The Balaban J connectivity index is 3.12. The van der Waals surface area contributed by atoms with Gasteiger partial charge in [-0.05, 0) is 53.5 Å². The van der Waals surface area contributed by atoms with E-state index < -0.39 is 23.3 Å². The van der Waals surface area contributed by atoms with Crippen LogP contribution in [0.15, 0.2) is 30.3 Å². The van der Waals surface area contributed by atoms with Crippen molar-refractivity contribution in [3.8, 4) is 0 Å². The van der Waals surface area contributed by atoms with Gasteiger partial charge < -0.3 is 20.3 Å². The van der Waals surface area contributed by atoms with Crippen LogP contribution in [0.2, 0.25) is 0 Å². The van der Waals surface area contributed by atoms with Gasteiger partial charge in [0.25, 0.3) is 0 Å². The second kappa shape index (κ2) is 13.2. The van der Waals surface area contributed by atoms with Crippen molar-refractivity contribution in [3.63, 3.8) is 0 Å². The van der Waals surface area contributed by atoms with E-state index in [0.717, 1.165) is 37.7 Å². The summed E-state index contributed by atoms with van der Waals surface area (Å²) in [5, 5.41) is 5.55. The van der Waals surface area contributed by atoms with Crippen molar-refractivity contribution in [2.75, 3.05) is 13.1 Å². The lowest BCUT2D eigenvalue weighted by molar-refractivity contribution is -0.141. The molecule has 1 unspecified atom stereocenters. The fourth-order valence-electron chi connectivity index (χ4n) is 3.39. The van der Waals surface area contributed by atoms with E-state index in [1.807, 2.05) is 51.1 Å². The molecular formula is C26H43N3O4. The molecule has 0 bridgehead atoms. The van der Waals surface area contributed by atoms with Crippen molar-refractivity contribution in [1.29, 1.82) is 0 Å². The Morgan fingerprint density at radius 3 is 2.09 bits per heavy atom. The van der Waals surface area contributed by atoms with Crippen LogP contribution in [0.25, 0.3) is 0 Å². The number of amides is 3. The number of hydrogen-bond donors (Lipinski definition) is 2. The average molecular weight is 462 g/mol. The molecule has 0 saturated heterocycles. The molecule has 33 heavy (non-hydrogen) atoms. The largest absolute Gasteiger partial charge is 0.444 e. The quantitative estimate of drug-likeness (QED) is 0.456. The van der Waals surface area contributed by atoms with Gasteiger partial charge in [-0.25, -0.2) is 4.79 Å².